The first kappa shape index (κ1) is 21.2. The predicted molar refractivity (Wildman–Crippen MR) is 106 cm³/mol. The van der Waals surface area contributed by atoms with Crippen molar-refractivity contribution in [2.24, 2.45) is 0 Å². The Hall–Kier alpha value is -2.10. The van der Waals surface area contributed by atoms with Crippen LogP contribution >= 0.6 is 12.2 Å². The van der Waals surface area contributed by atoms with E-state index in [2.05, 4.69) is 10.3 Å². The van der Waals surface area contributed by atoms with Gasteiger partial charge in [-0.2, -0.15) is 4.68 Å². The van der Waals surface area contributed by atoms with Gasteiger partial charge in [0.15, 0.2) is 19.0 Å². The standard InChI is InChI=1S/C18H28N6O2S/c1-18(2,3)20-15(25)12-22(4)13-24-17(27)23(10-11-26-5)16(21-24)14-6-8-19-9-7-14/h6-9H,10-13H2,1-5H3,(H,20,25)/p+1. The molecule has 0 saturated heterocycles. The van der Waals surface area contributed by atoms with E-state index >= 15 is 0 Å². The van der Waals surface area contributed by atoms with Crippen molar-refractivity contribution < 1.29 is 14.4 Å². The third-order valence-electron chi connectivity index (χ3n) is 3.78. The van der Waals surface area contributed by atoms with Crippen LogP contribution in [0.25, 0.3) is 11.4 Å². The summed E-state index contributed by atoms with van der Waals surface area (Å²) in [5.41, 5.74) is 0.693. The topological polar surface area (TPSA) is 78.4 Å². The zero-order valence-electron chi connectivity index (χ0n) is 16.7. The van der Waals surface area contributed by atoms with Gasteiger partial charge >= 0.3 is 0 Å². The van der Waals surface area contributed by atoms with Crippen molar-refractivity contribution in [3.05, 3.63) is 29.3 Å². The van der Waals surface area contributed by atoms with Crippen molar-refractivity contribution in [3.8, 4) is 11.4 Å². The summed E-state index contributed by atoms with van der Waals surface area (Å²) >= 11 is 5.62. The van der Waals surface area contributed by atoms with E-state index in [1.165, 1.54) is 0 Å². The number of rotatable bonds is 8. The normalized spacial score (nSPS) is 12.8. The number of hydrogen-bond acceptors (Lipinski definition) is 5. The molecule has 1 amide bonds. The fourth-order valence-corrected chi connectivity index (χ4v) is 2.97. The molecule has 0 aromatic carbocycles. The summed E-state index contributed by atoms with van der Waals surface area (Å²) in [4.78, 5) is 17.2. The summed E-state index contributed by atoms with van der Waals surface area (Å²) in [6, 6.07) is 3.80. The fraction of sp³-hybridized carbons (Fsp3) is 0.556. The number of pyridine rings is 1. The SMILES string of the molecule is COCCn1c(-c2ccncc2)nn(C[NH+](C)CC(=O)NC(C)(C)C)c1=S. The van der Waals surface area contributed by atoms with Gasteiger partial charge in [0.05, 0.1) is 20.2 Å². The number of hydrogen-bond donors (Lipinski definition) is 2. The van der Waals surface area contributed by atoms with Crippen LogP contribution in [0, 0.1) is 4.77 Å². The highest BCUT2D eigenvalue weighted by atomic mass is 32.1. The van der Waals surface area contributed by atoms with E-state index in [-0.39, 0.29) is 11.4 Å². The molecule has 0 fully saturated rings. The first-order valence-electron chi connectivity index (χ1n) is 8.90. The largest absolute Gasteiger partial charge is 0.383 e. The van der Waals surface area contributed by atoms with Gasteiger partial charge in [-0.15, -0.1) is 5.10 Å². The lowest BCUT2D eigenvalue weighted by atomic mass is 10.1. The summed E-state index contributed by atoms with van der Waals surface area (Å²) in [5, 5.41) is 7.67. The second-order valence-corrected chi connectivity index (χ2v) is 7.94. The van der Waals surface area contributed by atoms with Gasteiger partial charge < -0.3 is 15.0 Å². The number of likely N-dealkylation sites (N-methyl/N-ethyl adjacent to an activating group) is 1. The van der Waals surface area contributed by atoms with Gasteiger partial charge in [-0.3, -0.25) is 14.3 Å². The third kappa shape index (κ3) is 6.23. The number of amides is 1. The van der Waals surface area contributed by atoms with E-state index in [1.807, 2.05) is 44.5 Å². The van der Waals surface area contributed by atoms with E-state index in [4.69, 9.17) is 22.1 Å². The summed E-state index contributed by atoms with van der Waals surface area (Å²) in [7, 11) is 3.61. The molecule has 0 spiro atoms. The van der Waals surface area contributed by atoms with Crippen molar-refractivity contribution in [1.82, 2.24) is 24.6 Å². The number of carbonyl (C=O) groups excluding carboxylic acids is 1. The van der Waals surface area contributed by atoms with Crippen LogP contribution in [-0.2, 0) is 22.7 Å². The molecule has 2 aromatic rings. The van der Waals surface area contributed by atoms with Gasteiger partial charge in [0.25, 0.3) is 5.91 Å². The summed E-state index contributed by atoms with van der Waals surface area (Å²) in [5.74, 6) is 0.770. The third-order valence-corrected chi connectivity index (χ3v) is 4.21. The molecule has 2 N–H and O–H groups in total. The van der Waals surface area contributed by atoms with Gasteiger partial charge in [0.2, 0.25) is 4.77 Å². The summed E-state index contributed by atoms with van der Waals surface area (Å²) in [6.45, 7) is 7.88. The maximum Gasteiger partial charge on any atom is 0.275 e. The minimum absolute atomic E-state index is 0.000286. The molecule has 2 heterocycles. The van der Waals surface area contributed by atoms with E-state index in [9.17, 15) is 4.79 Å². The Labute approximate surface area is 165 Å². The van der Waals surface area contributed by atoms with Crippen molar-refractivity contribution in [3.63, 3.8) is 0 Å². The molecule has 0 bridgehead atoms. The molecule has 0 aliphatic heterocycles. The van der Waals surface area contributed by atoms with Crippen molar-refractivity contribution in [1.29, 1.82) is 0 Å². The first-order chi connectivity index (χ1) is 12.7. The smallest absolute Gasteiger partial charge is 0.275 e. The van der Waals surface area contributed by atoms with Crippen molar-refractivity contribution in [2.75, 3.05) is 27.3 Å². The zero-order chi connectivity index (χ0) is 20.0. The Bertz CT molecular complexity index is 809. The van der Waals surface area contributed by atoms with Crippen LogP contribution in [0.2, 0.25) is 0 Å². The van der Waals surface area contributed by atoms with E-state index in [0.29, 0.717) is 31.1 Å². The van der Waals surface area contributed by atoms with Crippen LogP contribution in [-0.4, -0.2) is 58.1 Å². The molecule has 0 aliphatic rings. The number of nitrogens with zero attached hydrogens (tertiary/aromatic N) is 4. The molecule has 2 aromatic heterocycles. The van der Waals surface area contributed by atoms with E-state index < -0.39 is 0 Å². The maximum atomic E-state index is 12.2. The minimum Gasteiger partial charge on any atom is -0.383 e. The maximum absolute atomic E-state index is 12.2. The number of quaternary nitrogens is 1. The Morgan fingerprint density at radius 1 is 1.33 bits per heavy atom. The lowest BCUT2D eigenvalue weighted by Crippen LogP contribution is -3.09. The second kappa shape index (κ2) is 9.20. The molecule has 2 rings (SSSR count). The molecule has 0 saturated carbocycles. The predicted octanol–water partition coefficient (Wildman–Crippen LogP) is 0.509. The number of ether oxygens (including phenoxy) is 1. The van der Waals surface area contributed by atoms with Crippen molar-refractivity contribution in [2.45, 2.75) is 39.5 Å². The van der Waals surface area contributed by atoms with Crippen molar-refractivity contribution >= 4 is 18.1 Å². The highest BCUT2D eigenvalue weighted by Gasteiger charge is 2.19. The quantitative estimate of drug-likeness (QED) is 0.639. The molecule has 9 heteroatoms. The second-order valence-electron chi connectivity index (χ2n) is 7.58. The van der Waals surface area contributed by atoms with E-state index in [1.54, 1.807) is 24.2 Å². The Balaban J connectivity index is 2.20. The number of carbonyl (C=O) groups is 1. The zero-order valence-corrected chi connectivity index (χ0v) is 17.5. The molecule has 1 unspecified atom stereocenters. The average Bonchev–Trinajstić information content (AvgIpc) is 2.88. The molecular weight excluding hydrogens is 364 g/mol. The Morgan fingerprint density at radius 3 is 2.59 bits per heavy atom. The van der Waals surface area contributed by atoms with Gasteiger partial charge in [0.1, 0.15) is 0 Å². The van der Waals surface area contributed by atoms with Crippen LogP contribution in [0.4, 0.5) is 0 Å². The molecule has 1 atom stereocenters. The number of aromatic nitrogens is 4. The molecule has 0 radical (unpaired) electrons. The Kier molecular flexibility index (Phi) is 7.23. The van der Waals surface area contributed by atoms with Gasteiger partial charge in [-0.1, -0.05) is 0 Å². The first-order valence-corrected chi connectivity index (χ1v) is 9.31. The van der Waals surface area contributed by atoms with Crippen LogP contribution < -0.4 is 10.2 Å². The lowest BCUT2D eigenvalue weighted by molar-refractivity contribution is -0.895. The molecule has 27 heavy (non-hydrogen) atoms. The molecular formula is C18H29N6O2S+. The summed E-state index contributed by atoms with van der Waals surface area (Å²) < 4.78 is 9.53. The number of methoxy groups -OCH3 is 1. The van der Waals surface area contributed by atoms with Gasteiger partial charge in [-0.25, -0.2) is 0 Å². The molecule has 148 valence electrons. The van der Waals surface area contributed by atoms with Crippen LogP contribution in [0.15, 0.2) is 24.5 Å². The number of nitrogens with one attached hydrogen (secondary N) is 2. The highest BCUT2D eigenvalue weighted by Crippen LogP contribution is 2.17. The minimum atomic E-state index is -0.246. The van der Waals surface area contributed by atoms with Gasteiger partial charge in [-0.05, 0) is 45.1 Å². The molecule has 0 aliphatic carbocycles. The van der Waals surface area contributed by atoms with Crippen LogP contribution in [0.3, 0.4) is 0 Å². The van der Waals surface area contributed by atoms with Crippen LogP contribution in [0.1, 0.15) is 20.8 Å². The highest BCUT2D eigenvalue weighted by molar-refractivity contribution is 7.71. The lowest BCUT2D eigenvalue weighted by Gasteiger charge is -2.21. The Morgan fingerprint density at radius 2 is 2.00 bits per heavy atom. The fourth-order valence-electron chi connectivity index (χ4n) is 2.69. The summed E-state index contributed by atoms with van der Waals surface area (Å²) in [6.07, 6.45) is 3.46. The molecule has 8 nitrogen and oxygen atoms in total. The van der Waals surface area contributed by atoms with Gasteiger partial charge in [0, 0.05) is 30.6 Å². The average molecular weight is 394 g/mol. The monoisotopic (exact) mass is 393 g/mol. The van der Waals surface area contributed by atoms with Crippen LogP contribution in [0.5, 0.6) is 0 Å². The van der Waals surface area contributed by atoms with E-state index in [0.717, 1.165) is 16.3 Å².